The van der Waals surface area contributed by atoms with Crippen LogP contribution >= 0.6 is 0 Å². The Labute approximate surface area is 118 Å². The van der Waals surface area contributed by atoms with Gasteiger partial charge in [-0.2, -0.15) is 0 Å². The van der Waals surface area contributed by atoms with Crippen molar-refractivity contribution in [3.05, 3.63) is 35.4 Å². The first kappa shape index (κ1) is 16.0. The summed E-state index contributed by atoms with van der Waals surface area (Å²) in [7, 11) is 1.57. The first-order valence-electron chi connectivity index (χ1n) is 6.29. The van der Waals surface area contributed by atoms with Crippen LogP contribution < -0.4 is 5.32 Å². The maximum Gasteiger partial charge on any atom is 0.328 e. The van der Waals surface area contributed by atoms with Crippen LogP contribution in [-0.4, -0.2) is 46.3 Å². The van der Waals surface area contributed by atoms with Gasteiger partial charge in [0, 0.05) is 13.6 Å². The Morgan fingerprint density at radius 2 is 2.05 bits per heavy atom. The highest BCUT2D eigenvalue weighted by Crippen LogP contribution is 2.07. The number of aliphatic carboxylic acids is 1. The molecule has 0 aliphatic carbocycles. The average molecular weight is 280 g/mol. The zero-order valence-electron chi connectivity index (χ0n) is 11.8. The van der Waals surface area contributed by atoms with Crippen LogP contribution in [0.4, 0.5) is 4.79 Å². The lowest BCUT2D eigenvalue weighted by atomic mass is 10.1. The number of hydrogen-bond donors (Lipinski definition) is 3. The smallest absolute Gasteiger partial charge is 0.328 e. The molecule has 0 bridgehead atoms. The Balaban J connectivity index is 2.65. The number of aryl methyl sites for hydroxylation is 1. The van der Waals surface area contributed by atoms with Crippen LogP contribution in [0.15, 0.2) is 24.3 Å². The van der Waals surface area contributed by atoms with Gasteiger partial charge >= 0.3 is 12.0 Å². The van der Waals surface area contributed by atoms with Crippen molar-refractivity contribution in [2.75, 3.05) is 7.05 Å². The molecular formula is C14H20N2O4. The SMILES string of the molecule is Cc1cccc(CN(C)C(=O)NC(C(=O)O)C(C)O)c1. The molecule has 0 heterocycles. The molecule has 3 N–H and O–H groups in total. The standard InChI is InChI=1S/C14H20N2O4/c1-9-5-4-6-11(7-9)8-16(3)14(20)15-12(10(2)17)13(18)19/h4-7,10,12,17H,8H2,1-3H3,(H,15,20)(H,18,19). The van der Waals surface area contributed by atoms with Gasteiger partial charge in [0.2, 0.25) is 0 Å². The van der Waals surface area contributed by atoms with E-state index in [-0.39, 0.29) is 0 Å². The highest BCUT2D eigenvalue weighted by atomic mass is 16.4. The second-order valence-electron chi connectivity index (χ2n) is 4.85. The summed E-state index contributed by atoms with van der Waals surface area (Å²) in [6.45, 7) is 3.64. The first-order chi connectivity index (χ1) is 9.31. The van der Waals surface area contributed by atoms with Gasteiger partial charge in [0.15, 0.2) is 6.04 Å². The summed E-state index contributed by atoms with van der Waals surface area (Å²) >= 11 is 0. The van der Waals surface area contributed by atoms with E-state index in [0.29, 0.717) is 6.54 Å². The number of carboxylic acid groups (broad SMARTS) is 1. The molecule has 0 saturated heterocycles. The molecular weight excluding hydrogens is 260 g/mol. The predicted molar refractivity (Wildman–Crippen MR) is 74.3 cm³/mol. The van der Waals surface area contributed by atoms with Gasteiger partial charge in [0.05, 0.1) is 6.10 Å². The second-order valence-corrected chi connectivity index (χ2v) is 4.85. The first-order valence-corrected chi connectivity index (χ1v) is 6.29. The topological polar surface area (TPSA) is 89.9 Å². The number of carbonyl (C=O) groups is 2. The van der Waals surface area contributed by atoms with E-state index >= 15 is 0 Å². The molecule has 0 aliphatic heterocycles. The number of carbonyl (C=O) groups excluding carboxylic acids is 1. The lowest BCUT2D eigenvalue weighted by Crippen LogP contribution is -2.51. The molecule has 0 aliphatic rings. The van der Waals surface area contributed by atoms with Crippen LogP contribution in [-0.2, 0) is 11.3 Å². The summed E-state index contributed by atoms with van der Waals surface area (Å²) < 4.78 is 0. The third-order valence-electron chi connectivity index (χ3n) is 2.88. The highest BCUT2D eigenvalue weighted by molar-refractivity contribution is 5.82. The maximum atomic E-state index is 11.9. The second kappa shape index (κ2) is 6.91. The zero-order chi connectivity index (χ0) is 15.3. The number of nitrogens with one attached hydrogen (secondary N) is 1. The Morgan fingerprint density at radius 1 is 1.40 bits per heavy atom. The van der Waals surface area contributed by atoms with Crippen molar-refractivity contribution >= 4 is 12.0 Å². The van der Waals surface area contributed by atoms with Crippen molar-refractivity contribution < 1.29 is 19.8 Å². The largest absolute Gasteiger partial charge is 0.480 e. The number of urea groups is 1. The maximum absolute atomic E-state index is 11.9. The molecule has 0 fully saturated rings. The fourth-order valence-electron chi connectivity index (χ4n) is 1.79. The fourth-order valence-corrected chi connectivity index (χ4v) is 1.79. The van der Waals surface area contributed by atoms with Gasteiger partial charge in [-0.15, -0.1) is 0 Å². The van der Waals surface area contributed by atoms with Gasteiger partial charge in [-0.25, -0.2) is 9.59 Å². The van der Waals surface area contributed by atoms with E-state index in [2.05, 4.69) is 5.32 Å². The van der Waals surface area contributed by atoms with Crippen molar-refractivity contribution in [2.45, 2.75) is 32.5 Å². The molecule has 1 aromatic carbocycles. The van der Waals surface area contributed by atoms with Crippen LogP contribution in [0.25, 0.3) is 0 Å². The molecule has 1 rings (SSSR count). The van der Waals surface area contributed by atoms with Crippen LogP contribution in [0, 0.1) is 6.92 Å². The molecule has 0 aromatic heterocycles. The van der Waals surface area contributed by atoms with E-state index in [0.717, 1.165) is 11.1 Å². The number of benzene rings is 1. The van der Waals surface area contributed by atoms with Gasteiger partial charge in [-0.1, -0.05) is 29.8 Å². The Morgan fingerprint density at radius 3 is 2.55 bits per heavy atom. The number of nitrogens with zero attached hydrogens (tertiary/aromatic N) is 1. The summed E-state index contributed by atoms with van der Waals surface area (Å²) in [5.41, 5.74) is 2.04. The number of aliphatic hydroxyl groups excluding tert-OH is 1. The molecule has 6 nitrogen and oxygen atoms in total. The van der Waals surface area contributed by atoms with Gasteiger partial charge in [-0.05, 0) is 19.4 Å². The summed E-state index contributed by atoms with van der Waals surface area (Å²) in [6, 6.07) is 5.83. The van der Waals surface area contributed by atoms with E-state index < -0.39 is 24.1 Å². The molecule has 0 saturated carbocycles. The molecule has 1 aromatic rings. The fraction of sp³-hybridized carbons (Fsp3) is 0.429. The normalized spacial score (nSPS) is 13.4. The third-order valence-corrected chi connectivity index (χ3v) is 2.88. The molecule has 0 spiro atoms. The van der Waals surface area contributed by atoms with Crippen LogP contribution in [0.3, 0.4) is 0 Å². The molecule has 6 heteroatoms. The van der Waals surface area contributed by atoms with Crippen molar-refractivity contribution in [2.24, 2.45) is 0 Å². The lowest BCUT2D eigenvalue weighted by molar-refractivity contribution is -0.141. The van der Waals surface area contributed by atoms with Crippen molar-refractivity contribution in [1.29, 1.82) is 0 Å². The van der Waals surface area contributed by atoms with Crippen LogP contribution in [0.2, 0.25) is 0 Å². The van der Waals surface area contributed by atoms with Crippen molar-refractivity contribution in [3.63, 3.8) is 0 Å². The van der Waals surface area contributed by atoms with Crippen LogP contribution in [0.5, 0.6) is 0 Å². The minimum atomic E-state index is -1.32. The molecule has 20 heavy (non-hydrogen) atoms. The summed E-state index contributed by atoms with van der Waals surface area (Å²) in [5.74, 6) is -1.27. The predicted octanol–water partition coefficient (Wildman–Crippen LogP) is 0.970. The number of carboxylic acids is 1. The van der Waals surface area contributed by atoms with E-state index in [9.17, 15) is 14.7 Å². The number of rotatable bonds is 5. The lowest BCUT2D eigenvalue weighted by Gasteiger charge is -2.23. The zero-order valence-corrected chi connectivity index (χ0v) is 11.8. The third kappa shape index (κ3) is 4.55. The highest BCUT2D eigenvalue weighted by Gasteiger charge is 2.26. The number of aliphatic hydroxyl groups is 1. The molecule has 0 radical (unpaired) electrons. The Kier molecular flexibility index (Phi) is 5.52. The van der Waals surface area contributed by atoms with E-state index in [1.54, 1.807) is 7.05 Å². The van der Waals surface area contributed by atoms with Gasteiger partial charge < -0.3 is 20.4 Å². The quantitative estimate of drug-likeness (QED) is 0.749. The molecule has 2 amide bonds. The van der Waals surface area contributed by atoms with E-state index in [1.807, 2.05) is 31.2 Å². The molecule has 2 unspecified atom stereocenters. The summed E-state index contributed by atoms with van der Waals surface area (Å²) in [4.78, 5) is 24.2. The van der Waals surface area contributed by atoms with Crippen LogP contribution in [0.1, 0.15) is 18.1 Å². The summed E-state index contributed by atoms with van der Waals surface area (Å²) in [5, 5.41) is 20.5. The Hall–Kier alpha value is -2.08. The number of hydrogen-bond acceptors (Lipinski definition) is 3. The Bertz CT molecular complexity index is 488. The molecule has 110 valence electrons. The minimum absolute atomic E-state index is 0.361. The van der Waals surface area contributed by atoms with Crippen molar-refractivity contribution in [1.82, 2.24) is 10.2 Å². The van der Waals surface area contributed by atoms with Crippen molar-refractivity contribution in [3.8, 4) is 0 Å². The monoisotopic (exact) mass is 280 g/mol. The summed E-state index contributed by atoms with van der Waals surface area (Å²) in [6.07, 6.45) is -1.16. The van der Waals surface area contributed by atoms with E-state index in [1.165, 1.54) is 11.8 Å². The van der Waals surface area contributed by atoms with Gasteiger partial charge in [-0.3, -0.25) is 0 Å². The van der Waals surface area contributed by atoms with E-state index in [4.69, 9.17) is 5.11 Å². The number of amides is 2. The van der Waals surface area contributed by atoms with Gasteiger partial charge in [0.25, 0.3) is 0 Å². The average Bonchev–Trinajstić information content (AvgIpc) is 2.34. The molecule has 2 atom stereocenters. The van der Waals surface area contributed by atoms with Gasteiger partial charge in [0.1, 0.15) is 0 Å². The minimum Gasteiger partial charge on any atom is -0.480 e.